The molecule has 2 saturated heterocycles. The van der Waals surface area contributed by atoms with E-state index in [-0.39, 0.29) is 31.8 Å². The lowest BCUT2D eigenvalue weighted by atomic mass is 9.81. The number of ether oxygens (including phenoxy) is 6. The first-order valence-electron chi connectivity index (χ1n) is 15.7. The number of rotatable bonds is 9. The largest absolute Gasteiger partial charge is 0.498 e. The van der Waals surface area contributed by atoms with Crippen LogP contribution in [0.25, 0.3) is 0 Å². The molecule has 0 bridgehead atoms. The molecule has 0 aromatic heterocycles. The third-order valence-corrected chi connectivity index (χ3v) is 9.51. The summed E-state index contributed by atoms with van der Waals surface area (Å²) in [7, 11) is 1.55. The molecule has 0 radical (unpaired) electrons. The highest BCUT2D eigenvalue weighted by Gasteiger charge is 2.52. The molecule has 4 atom stereocenters. The zero-order valence-electron chi connectivity index (χ0n) is 26.0. The molecular formula is C35H43NO8. The van der Waals surface area contributed by atoms with E-state index in [0.717, 1.165) is 61.2 Å². The van der Waals surface area contributed by atoms with Gasteiger partial charge in [0, 0.05) is 18.5 Å². The second kappa shape index (κ2) is 12.4. The molecule has 0 amide bonds. The minimum Gasteiger partial charge on any atom is -0.498 e. The Morgan fingerprint density at radius 3 is 2.59 bits per heavy atom. The molecule has 2 aromatic carbocycles. The predicted molar refractivity (Wildman–Crippen MR) is 162 cm³/mol. The van der Waals surface area contributed by atoms with Crippen molar-refractivity contribution >= 4 is 11.9 Å². The first-order valence-corrected chi connectivity index (χ1v) is 15.7. The third kappa shape index (κ3) is 6.17. The summed E-state index contributed by atoms with van der Waals surface area (Å²) in [5.41, 5.74) is 0.918. The number of carbonyl (C=O) groups is 2. The molecule has 0 spiro atoms. The van der Waals surface area contributed by atoms with Gasteiger partial charge in [0.1, 0.15) is 12.4 Å². The molecule has 4 heterocycles. The average Bonchev–Trinajstić information content (AvgIpc) is 3.64. The molecule has 2 fully saturated rings. The average molecular weight is 606 g/mol. The molecule has 2 aromatic rings. The van der Waals surface area contributed by atoms with Crippen LogP contribution >= 0.6 is 0 Å². The number of fused-ring (bicyclic) bond motifs is 3. The van der Waals surface area contributed by atoms with Crippen LogP contribution in [0.1, 0.15) is 75.0 Å². The van der Waals surface area contributed by atoms with Crippen LogP contribution in [0.5, 0.6) is 11.5 Å². The topological polar surface area (TPSA) is 92.8 Å². The van der Waals surface area contributed by atoms with Crippen molar-refractivity contribution in [3.8, 4) is 11.5 Å². The van der Waals surface area contributed by atoms with Gasteiger partial charge >= 0.3 is 11.9 Å². The quantitative estimate of drug-likeness (QED) is 0.274. The van der Waals surface area contributed by atoms with E-state index in [9.17, 15) is 9.59 Å². The molecule has 6 rings (SSSR count). The van der Waals surface area contributed by atoms with Gasteiger partial charge in [-0.2, -0.15) is 0 Å². The van der Waals surface area contributed by atoms with Gasteiger partial charge in [-0.25, -0.2) is 4.79 Å². The number of nitrogens with zero attached hydrogens (tertiary/aromatic N) is 1. The maximum atomic E-state index is 14.5. The van der Waals surface area contributed by atoms with Crippen molar-refractivity contribution in [3.05, 3.63) is 71.5 Å². The molecule has 9 nitrogen and oxygen atoms in total. The maximum Gasteiger partial charge on any atom is 0.339 e. The van der Waals surface area contributed by atoms with Crippen molar-refractivity contribution < 1.29 is 38.0 Å². The van der Waals surface area contributed by atoms with Gasteiger partial charge in [0.05, 0.1) is 19.1 Å². The van der Waals surface area contributed by atoms with Crippen molar-refractivity contribution in [2.45, 2.75) is 94.7 Å². The van der Waals surface area contributed by atoms with E-state index in [1.54, 1.807) is 7.11 Å². The number of methoxy groups -OCH3 is 1. The summed E-state index contributed by atoms with van der Waals surface area (Å²) in [5, 5.41) is 0. The fraction of sp³-hybridized carbons (Fsp3) is 0.543. The minimum atomic E-state index is -1.50. The molecular weight excluding hydrogens is 562 g/mol. The van der Waals surface area contributed by atoms with Crippen LogP contribution in [0.4, 0.5) is 0 Å². The SMILES string of the molecule is C=C(OC)C(OC(=O)[C@@]1(CC(=O)OCc2ccccc2)CCCC(C)(C)O1)C1c2cc3c(cc2CCN2CCC[C@H]12)OCO3. The lowest BCUT2D eigenvalue weighted by molar-refractivity contribution is -0.217. The Bertz CT molecular complexity index is 1390. The fourth-order valence-corrected chi connectivity index (χ4v) is 7.37. The zero-order chi connectivity index (χ0) is 30.9. The van der Waals surface area contributed by atoms with Crippen LogP contribution in [-0.2, 0) is 41.6 Å². The first-order chi connectivity index (χ1) is 21.2. The minimum absolute atomic E-state index is 0.108. The van der Waals surface area contributed by atoms with E-state index >= 15 is 0 Å². The number of hydrogen-bond donors (Lipinski definition) is 0. The van der Waals surface area contributed by atoms with Crippen LogP contribution in [0.2, 0.25) is 0 Å². The van der Waals surface area contributed by atoms with Gasteiger partial charge in [-0.1, -0.05) is 36.9 Å². The Labute approximate surface area is 259 Å². The summed E-state index contributed by atoms with van der Waals surface area (Å²) >= 11 is 0. The van der Waals surface area contributed by atoms with E-state index in [0.29, 0.717) is 24.4 Å². The summed E-state index contributed by atoms with van der Waals surface area (Å²) in [6.45, 7) is 10.2. The Kier molecular flexibility index (Phi) is 8.61. The van der Waals surface area contributed by atoms with E-state index in [1.807, 2.05) is 50.2 Å². The third-order valence-electron chi connectivity index (χ3n) is 9.51. The van der Waals surface area contributed by atoms with Gasteiger partial charge < -0.3 is 28.4 Å². The summed E-state index contributed by atoms with van der Waals surface area (Å²) in [6, 6.07) is 13.7. The number of esters is 2. The Balaban J connectivity index is 1.32. The van der Waals surface area contributed by atoms with Crippen LogP contribution < -0.4 is 9.47 Å². The highest BCUT2D eigenvalue weighted by Crippen LogP contribution is 2.47. The second-order valence-corrected chi connectivity index (χ2v) is 13.0. The Hall–Kier alpha value is -3.56. The Morgan fingerprint density at radius 2 is 1.84 bits per heavy atom. The Morgan fingerprint density at radius 1 is 1.07 bits per heavy atom. The lowest BCUT2D eigenvalue weighted by Crippen LogP contribution is -2.54. The highest BCUT2D eigenvalue weighted by molar-refractivity contribution is 5.86. The molecule has 0 N–H and O–H groups in total. The first kappa shape index (κ1) is 30.5. The van der Waals surface area contributed by atoms with E-state index in [2.05, 4.69) is 17.5 Å². The van der Waals surface area contributed by atoms with Crippen molar-refractivity contribution in [1.82, 2.24) is 4.90 Å². The molecule has 0 aliphatic carbocycles. The monoisotopic (exact) mass is 605 g/mol. The van der Waals surface area contributed by atoms with E-state index in [4.69, 9.17) is 28.4 Å². The van der Waals surface area contributed by atoms with Crippen molar-refractivity contribution in [3.63, 3.8) is 0 Å². The summed E-state index contributed by atoms with van der Waals surface area (Å²) in [4.78, 5) is 30.2. The lowest BCUT2D eigenvalue weighted by Gasteiger charge is -2.44. The zero-order valence-corrected chi connectivity index (χ0v) is 26.0. The van der Waals surface area contributed by atoms with Gasteiger partial charge in [-0.3, -0.25) is 9.69 Å². The van der Waals surface area contributed by atoms with E-state index in [1.165, 1.54) is 0 Å². The summed E-state index contributed by atoms with van der Waals surface area (Å²) in [5.74, 6) is 0.385. The number of benzene rings is 2. The normalized spacial score (nSPS) is 26.1. The van der Waals surface area contributed by atoms with Gasteiger partial charge in [-0.15, -0.1) is 0 Å². The van der Waals surface area contributed by atoms with Gasteiger partial charge in [0.15, 0.2) is 23.2 Å². The van der Waals surface area contributed by atoms with Crippen molar-refractivity contribution in [2.24, 2.45) is 0 Å². The van der Waals surface area contributed by atoms with Gasteiger partial charge in [-0.05, 0) is 87.7 Å². The molecule has 2 unspecified atom stereocenters. The molecule has 44 heavy (non-hydrogen) atoms. The molecule has 4 aliphatic rings. The smallest absolute Gasteiger partial charge is 0.339 e. The maximum absolute atomic E-state index is 14.5. The molecule has 4 aliphatic heterocycles. The predicted octanol–water partition coefficient (Wildman–Crippen LogP) is 5.44. The molecule has 236 valence electrons. The highest BCUT2D eigenvalue weighted by atomic mass is 16.7. The number of hydrogen-bond acceptors (Lipinski definition) is 9. The van der Waals surface area contributed by atoms with Crippen LogP contribution in [0, 0.1) is 0 Å². The fourth-order valence-electron chi connectivity index (χ4n) is 7.37. The molecule has 9 heteroatoms. The van der Waals surface area contributed by atoms with E-state index < -0.39 is 29.2 Å². The van der Waals surface area contributed by atoms with Crippen LogP contribution in [0.15, 0.2) is 54.8 Å². The summed E-state index contributed by atoms with van der Waals surface area (Å²) < 4.78 is 35.8. The summed E-state index contributed by atoms with van der Waals surface area (Å²) in [6.07, 6.45) is 3.58. The standard InChI is InChI=1S/C35H43NO8/c1-23(39-4)32(31-26-19-29-28(41-22-42-29)18-25(26)13-17-36-16-8-12-27(31)36)43-33(38)35(15-9-14-34(2,3)44-35)20-30(37)40-21-24-10-6-5-7-11-24/h5-7,10-11,18-19,27,31-32H,1,8-9,12-17,20-22H2,2-4H3/t27-,31?,32?,35+/m1/s1. The van der Waals surface area contributed by atoms with Gasteiger partial charge in [0.25, 0.3) is 0 Å². The van der Waals surface area contributed by atoms with Crippen LogP contribution in [0.3, 0.4) is 0 Å². The second-order valence-electron chi connectivity index (χ2n) is 13.0. The number of carbonyl (C=O) groups excluding carboxylic acids is 2. The molecule has 0 saturated carbocycles. The van der Waals surface area contributed by atoms with Crippen molar-refractivity contribution in [1.29, 1.82) is 0 Å². The van der Waals surface area contributed by atoms with Crippen molar-refractivity contribution in [2.75, 3.05) is 27.0 Å². The van der Waals surface area contributed by atoms with Gasteiger partial charge in [0.2, 0.25) is 6.79 Å². The van der Waals surface area contributed by atoms with Crippen LogP contribution in [-0.4, -0.2) is 67.2 Å².